The molecule has 1 aliphatic rings. The predicted octanol–water partition coefficient (Wildman–Crippen LogP) is 3.17. The van der Waals surface area contributed by atoms with Gasteiger partial charge in [0.05, 0.1) is 0 Å². The second kappa shape index (κ2) is 4.45. The van der Waals surface area contributed by atoms with Gasteiger partial charge in [-0.3, -0.25) is 4.57 Å². The van der Waals surface area contributed by atoms with Crippen molar-refractivity contribution in [3.8, 4) is 5.69 Å². The fraction of sp³-hybridized carbons (Fsp3) is 0.308. The zero-order valence-electron chi connectivity index (χ0n) is 9.76. The Morgan fingerprint density at radius 1 is 1.41 bits per heavy atom. The minimum Gasteiger partial charge on any atom is -0.353 e. The third-order valence-corrected chi connectivity index (χ3v) is 3.61. The average Bonchev–Trinajstić information content (AvgIpc) is 3.06. The predicted molar refractivity (Wildman–Crippen MR) is 72.0 cm³/mol. The monoisotopic (exact) mass is 245 g/mol. The van der Waals surface area contributed by atoms with Gasteiger partial charge in [0.2, 0.25) is 5.95 Å². The van der Waals surface area contributed by atoms with Crippen molar-refractivity contribution in [1.29, 1.82) is 0 Å². The molecule has 1 heterocycles. The van der Waals surface area contributed by atoms with Crippen molar-refractivity contribution in [2.45, 2.75) is 23.8 Å². The summed E-state index contributed by atoms with van der Waals surface area (Å²) in [5, 5.41) is 3.45. The summed E-state index contributed by atoms with van der Waals surface area (Å²) in [4.78, 5) is 5.65. The molecule has 3 rings (SSSR count). The molecule has 0 spiro atoms. The zero-order chi connectivity index (χ0) is 11.7. The van der Waals surface area contributed by atoms with Crippen LogP contribution in [0.15, 0.2) is 41.6 Å². The molecule has 3 nitrogen and oxygen atoms in total. The first-order valence-electron chi connectivity index (χ1n) is 5.81. The fourth-order valence-corrected chi connectivity index (χ4v) is 2.24. The standard InChI is InChI=1S/C13H15N3S/c1-17-12-4-2-3-11(9-12)16-8-7-14-13(16)15-10-5-6-10/h2-4,7-10H,5-6H2,1H3,(H,14,15). The average molecular weight is 245 g/mol. The van der Waals surface area contributed by atoms with Crippen LogP contribution in [0.25, 0.3) is 5.69 Å². The van der Waals surface area contributed by atoms with Gasteiger partial charge in [-0.1, -0.05) is 6.07 Å². The van der Waals surface area contributed by atoms with Crippen molar-refractivity contribution in [3.05, 3.63) is 36.7 Å². The van der Waals surface area contributed by atoms with Gasteiger partial charge in [-0.2, -0.15) is 0 Å². The zero-order valence-corrected chi connectivity index (χ0v) is 10.6. The van der Waals surface area contributed by atoms with E-state index in [0.717, 1.165) is 11.6 Å². The molecule has 1 aliphatic carbocycles. The fourth-order valence-electron chi connectivity index (χ4n) is 1.79. The number of nitrogens with one attached hydrogen (secondary N) is 1. The molecule has 1 aromatic carbocycles. The van der Waals surface area contributed by atoms with Crippen LogP contribution in [-0.4, -0.2) is 21.8 Å². The summed E-state index contributed by atoms with van der Waals surface area (Å²) in [6, 6.07) is 9.13. The third-order valence-electron chi connectivity index (χ3n) is 2.88. The van der Waals surface area contributed by atoms with E-state index in [-0.39, 0.29) is 0 Å². The van der Waals surface area contributed by atoms with Crippen molar-refractivity contribution in [2.24, 2.45) is 0 Å². The van der Waals surface area contributed by atoms with E-state index in [0.29, 0.717) is 6.04 Å². The Morgan fingerprint density at radius 2 is 2.29 bits per heavy atom. The number of hydrogen-bond donors (Lipinski definition) is 1. The van der Waals surface area contributed by atoms with Gasteiger partial charge in [-0.05, 0) is 37.3 Å². The molecule has 1 fully saturated rings. The Kier molecular flexibility index (Phi) is 2.81. The second-order valence-electron chi connectivity index (χ2n) is 4.24. The minimum atomic E-state index is 0.625. The van der Waals surface area contributed by atoms with Gasteiger partial charge >= 0.3 is 0 Å². The van der Waals surface area contributed by atoms with E-state index in [4.69, 9.17) is 0 Å². The van der Waals surface area contributed by atoms with Crippen LogP contribution in [0.2, 0.25) is 0 Å². The van der Waals surface area contributed by atoms with Crippen molar-refractivity contribution < 1.29 is 0 Å². The lowest BCUT2D eigenvalue weighted by atomic mass is 10.3. The first-order chi connectivity index (χ1) is 8.36. The maximum atomic E-state index is 4.37. The summed E-state index contributed by atoms with van der Waals surface area (Å²) < 4.78 is 2.11. The number of benzene rings is 1. The molecule has 4 heteroatoms. The quantitative estimate of drug-likeness (QED) is 0.839. The van der Waals surface area contributed by atoms with E-state index in [1.165, 1.54) is 17.7 Å². The first-order valence-corrected chi connectivity index (χ1v) is 7.03. The molecule has 17 heavy (non-hydrogen) atoms. The summed E-state index contributed by atoms with van der Waals surface area (Å²) in [5.74, 6) is 0.950. The minimum absolute atomic E-state index is 0.625. The summed E-state index contributed by atoms with van der Waals surface area (Å²) in [6.07, 6.45) is 8.46. The Labute approximate surface area is 105 Å². The number of imidazole rings is 1. The van der Waals surface area contributed by atoms with Crippen LogP contribution in [0, 0.1) is 0 Å². The SMILES string of the molecule is CSc1cccc(-n2ccnc2NC2CC2)c1. The molecular formula is C13H15N3S. The number of rotatable bonds is 4. The lowest BCUT2D eigenvalue weighted by Gasteiger charge is -2.09. The molecular weight excluding hydrogens is 230 g/mol. The summed E-state index contributed by atoms with van der Waals surface area (Å²) >= 11 is 1.76. The number of anilines is 1. The molecule has 0 atom stereocenters. The van der Waals surface area contributed by atoms with Gasteiger partial charge in [-0.15, -0.1) is 11.8 Å². The van der Waals surface area contributed by atoms with Gasteiger partial charge in [-0.25, -0.2) is 4.98 Å². The molecule has 1 saturated carbocycles. The van der Waals surface area contributed by atoms with Crippen molar-refractivity contribution in [3.63, 3.8) is 0 Å². The number of thioether (sulfide) groups is 1. The molecule has 2 aromatic rings. The Balaban J connectivity index is 1.93. The lowest BCUT2D eigenvalue weighted by Crippen LogP contribution is -2.07. The summed E-state index contributed by atoms with van der Waals surface area (Å²) in [7, 11) is 0. The van der Waals surface area contributed by atoms with Crippen LogP contribution < -0.4 is 5.32 Å². The van der Waals surface area contributed by atoms with E-state index in [1.807, 2.05) is 12.4 Å². The molecule has 0 radical (unpaired) electrons. The first kappa shape index (κ1) is 10.7. The van der Waals surface area contributed by atoms with Gasteiger partial charge in [0.15, 0.2) is 0 Å². The van der Waals surface area contributed by atoms with E-state index in [9.17, 15) is 0 Å². The van der Waals surface area contributed by atoms with E-state index >= 15 is 0 Å². The molecule has 0 saturated heterocycles. The van der Waals surface area contributed by atoms with Crippen LogP contribution in [0.1, 0.15) is 12.8 Å². The Morgan fingerprint density at radius 3 is 3.06 bits per heavy atom. The van der Waals surface area contributed by atoms with E-state index < -0.39 is 0 Å². The molecule has 88 valence electrons. The van der Waals surface area contributed by atoms with Gasteiger partial charge < -0.3 is 5.32 Å². The highest BCUT2D eigenvalue weighted by Crippen LogP contribution is 2.26. The molecule has 0 bridgehead atoms. The Bertz CT molecular complexity index is 517. The highest BCUT2D eigenvalue weighted by Gasteiger charge is 2.22. The van der Waals surface area contributed by atoms with Crippen LogP contribution in [0.3, 0.4) is 0 Å². The van der Waals surface area contributed by atoms with Gasteiger partial charge in [0.25, 0.3) is 0 Å². The van der Waals surface area contributed by atoms with Gasteiger partial charge in [0.1, 0.15) is 0 Å². The summed E-state index contributed by atoms with van der Waals surface area (Å²) in [6.45, 7) is 0. The maximum absolute atomic E-state index is 4.37. The highest BCUT2D eigenvalue weighted by molar-refractivity contribution is 7.98. The van der Waals surface area contributed by atoms with Crippen molar-refractivity contribution >= 4 is 17.7 Å². The number of aromatic nitrogens is 2. The highest BCUT2D eigenvalue weighted by atomic mass is 32.2. The maximum Gasteiger partial charge on any atom is 0.207 e. The number of hydrogen-bond acceptors (Lipinski definition) is 3. The lowest BCUT2D eigenvalue weighted by molar-refractivity contribution is 0.998. The van der Waals surface area contributed by atoms with E-state index in [2.05, 4.69) is 45.4 Å². The van der Waals surface area contributed by atoms with Crippen LogP contribution in [0.4, 0.5) is 5.95 Å². The molecule has 0 unspecified atom stereocenters. The molecule has 0 aliphatic heterocycles. The largest absolute Gasteiger partial charge is 0.353 e. The van der Waals surface area contributed by atoms with Crippen molar-refractivity contribution in [2.75, 3.05) is 11.6 Å². The van der Waals surface area contributed by atoms with Crippen LogP contribution in [0.5, 0.6) is 0 Å². The normalized spacial score (nSPS) is 14.9. The van der Waals surface area contributed by atoms with Gasteiger partial charge in [0, 0.05) is 29.0 Å². The number of nitrogens with zero attached hydrogens (tertiary/aromatic N) is 2. The van der Waals surface area contributed by atoms with E-state index in [1.54, 1.807) is 11.8 Å². The molecule has 1 aromatic heterocycles. The smallest absolute Gasteiger partial charge is 0.207 e. The third kappa shape index (κ3) is 2.31. The van der Waals surface area contributed by atoms with Crippen LogP contribution >= 0.6 is 11.8 Å². The second-order valence-corrected chi connectivity index (χ2v) is 5.12. The molecule has 0 amide bonds. The topological polar surface area (TPSA) is 29.9 Å². The summed E-state index contributed by atoms with van der Waals surface area (Å²) in [5.41, 5.74) is 1.16. The van der Waals surface area contributed by atoms with Crippen molar-refractivity contribution in [1.82, 2.24) is 9.55 Å². The molecule has 1 N–H and O–H groups in total. The Hall–Kier alpha value is -1.42. The van der Waals surface area contributed by atoms with Crippen LogP contribution in [-0.2, 0) is 0 Å².